The highest BCUT2D eigenvalue weighted by Gasteiger charge is 2.26. The van der Waals surface area contributed by atoms with Crippen molar-refractivity contribution in [2.24, 2.45) is 0 Å². The first-order chi connectivity index (χ1) is 10.2. The van der Waals surface area contributed by atoms with E-state index in [0.29, 0.717) is 0 Å². The van der Waals surface area contributed by atoms with Crippen LogP contribution in [0.5, 0.6) is 0 Å². The van der Waals surface area contributed by atoms with Crippen molar-refractivity contribution in [3.63, 3.8) is 0 Å². The number of hydrogen-bond acceptors (Lipinski definition) is 1. The molecule has 3 rings (SSSR count). The average Bonchev–Trinajstić information content (AvgIpc) is 2.51. The third-order valence-electron chi connectivity index (χ3n) is 4.55. The van der Waals surface area contributed by atoms with Gasteiger partial charge in [0.25, 0.3) is 0 Å². The lowest BCUT2D eigenvalue weighted by atomic mass is 9.82. The Labute approximate surface area is 126 Å². The van der Waals surface area contributed by atoms with Crippen molar-refractivity contribution in [2.75, 3.05) is 5.32 Å². The molecule has 0 aliphatic heterocycles. The molecule has 0 saturated carbocycles. The summed E-state index contributed by atoms with van der Waals surface area (Å²) in [5, 5.41) is 3.12. The van der Waals surface area contributed by atoms with Crippen LogP contribution in [0.2, 0.25) is 0 Å². The Kier molecular flexibility index (Phi) is 3.78. The van der Waals surface area contributed by atoms with E-state index in [2.05, 4.69) is 43.4 Å². The van der Waals surface area contributed by atoms with Gasteiger partial charge in [0, 0.05) is 5.69 Å². The van der Waals surface area contributed by atoms with E-state index in [4.69, 9.17) is 0 Å². The van der Waals surface area contributed by atoms with Crippen molar-refractivity contribution in [3.8, 4) is 0 Å². The largest absolute Gasteiger partial charge is 0.325 e. The number of carbonyl (C=O) groups excluding carboxylic acids is 1. The molecule has 0 heterocycles. The molecule has 0 saturated heterocycles. The average molecular weight is 279 g/mol. The van der Waals surface area contributed by atoms with Gasteiger partial charge in [-0.2, -0.15) is 0 Å². The van der Waals surface area contributed by atoms with Crippen LogP contribution in [0.15, 0.2) is 42.5 Å². The number of anilines is 1. The van der Waals surface area contributed by atoms with Crippen molar-refractivity contribution >= 4 is 11.6 Å². The molecule has 1 amide bonds. The van der Waals surface area contributed by atoms with Gasteiger partial charge in [-0.05, 0) is 61.4 Å². The maximum atomic E-state index is 12.7. The van der Waals surface area contributed by atoms with Gasteiger partial charge >= 0.3 is 0 Å². The van der Waals surface area contributed by atoms with Crippen LogP contribution in [0.4, 0.5) is 5.69 Å². The quantitative estimate of drug-likeness (QED) is 0.869. The third-order valence-corrected chi connectivity index (χ3v) is 4.55. The highest BCUT2D eigenvalue weighted by Crippen LogP contribution is 2.32. The van der Waals surface area contributed by atoms with Crippen molar-refractivity contribution < 1.29 is 4.79 Å². The molecule has 1 aliphatic rings. The van der Waals surface area contributed by atoms with Crippen LogP contribution < -0.4 is 5.32 Å². The highest BCUT2D eigenvalue weighted by atomic mass is 16.1. The summed E-state index contributed by atoms with van der Waals surface area (Å²) in [6, 6.07) is 14.4. The molecule has 0 radical (unpaired) electrons. The van der Waals surface area contributed by atoms with E-state index in [1.54, 1.807) is 0 Å². The molecule has 1 atom stereocenters. The van der Waals surface area contributed by atoms with Crippen LogP contribution in [0.25, 0.3) is 0 Å². The summed E-state index contributed by atoms with van der Waals surface area (Å²) in [6.45, 7) is 4.13. The van der Waals surface area contributed by atoms with E-state index in [9.17, 15) is 4.79 Å². The summed E-state index contributed by atoms with van der Waals surface area (Å²) in [7, 11) is 0. The molecule has 2 nitrogen and oxygen atoms in total. The lowest BCUT2D eigenvalue weighted by molar-refractivity contribution is -0.117. The van der Waals surface area contributed by atoms with Gasteiger partial charge < -0.3 is 5.32 Å². The van der Waals surface area contributed by atoms with Crippen molar-refractivity contribution in [2.45, 2.75) is 39.0 Å². The Morgan fingerprint density at radius 1 is 1.10 bits per heavy atom. The third kappa shape index (κ3) is 2.71. The first-order valence-electron chi connectivity index (χ1n) is 7.61. The number of nitrogens with one attached hydrogen (secondary N) is 1. The molecule has 2 aromatic rings. The highest BCUT2D eigenvalue weighted by molar-refractivity contribution is 5.96. The molecule has 108 valence electrons. The van der Waals surface area contributed by atoms with E-state index >= 15 is 0 Å². The molecule has 1 aliphatic carbocycles. The fourth-order valence-electron chi connectivity index (χ4n) is 3.13. The summed E-state index contributed by atoms with van der Waals surface area (Å²) >= 11 is 0. The molecule has 0 aromatic heterocycles. The fourth-order valence-corrected chi connectivity index (χ4v) is 3.13. The molecule has 1 unspecified atom stereocenters. The molecule has 2 aromatic carbocycles. The lowest BCUT2D eigenvalue weighted by Crippen LogP contribution is -2.25. The Bertz CT molecular complexity index is 675. The number of rotatable bonds is 2. The topological polar surface area (TPSA) is 29.1 Å². The van der Waals surface area contributed by atoms with E-state index < -0.39 is 0 Å². The first-order valence-corrected chi connectivity index (χ1v) is 7.61. The van der Waals surface area contributed by atoms with Gasteiger partial charge in [0.2, 0.25) is 5.91 Å². The minimum atomic E-state index is -0.0186. The minimum absolute atomic E-state index is 0.0186. The number of aryl methyl sites for hydroxylation is 2. The summed E-state index contributed by atoms with van der Waals surface area (Å²) < 4.78 is 0. The fraction of sp³-hybridized carbons (Fsp3) is 0.316. The van der Waals surface area contributed by atoms with Gasteiger partial charge in [-0.1, -0.05) is 36.4 Å². The molecule has 21 heavy (non-hydrogen) atoms. The van der Waals surface area contributed by atoms with Gasteiger partial charge in [0.15, 0.2) is 0 Å². The predicted octanol–water partition coefficient (Wildman–Crippen LogP) is 4.36. The Morgan fingerprint density at radius 2 is 1.90 bits per heavy atom. The van der Waals surface area contributed by atoms with Crippen LogP contribution in [-0.2, 0) is 11.2 Å². The Morgan fingerprint density at radius 3 is 2.76 bits per heavy atom. The van der Waals surface area contributed by atoms with Gasteiger partial charge in [0.1, 0.15) is 0 Å². The van der Waals surface area contributed by atoms with E-state index in [-0.39, 0.29) is 11.8 Å². The maximum Gasteiger partial charge on any atom is 0.231 e. The monoisotopic (exact) mass is 279 g/mol. The molecular weight excluding hydrogens is 258 g/mol. The van der Waals surface area contributed by atoms with Gasteiger partial charge in [-0.3, -0.25) is 4.79 Å². The molecule has 2 heteroatoms. The zero-order valence-corrected chi connectivity index (χ0v) is 12.6. The second kappa shape index (κ2) is 5.72. The summed E-state index contributed by atoms with van der Waals surface area (Å²) in [6.07, 6.45) is 3.11. The molecular formula is C19H21NO. The second-order valence-electron chi connectivity index (χ2n) is 5.88. The summed E-state index contributed by atoms with van der Waals surface area (Å²) in [4.78, 5) is 12.7. The van der Waals surface area contributed by atoms with Crippen LogP contribution in [0, 0.1) is 13.8 Å². The molecule has 0 fully saturated rings. The predicted molar refractivity (Wildman–Crippen MR) is 86.7 cm³/mol. The van der Waals surface area contributed by atoms with E-state index in [1.165, 1.54) is 16.7 Å². The normalized spacial score (nSPS) is 17.1. The molecule has 0 bridgehead atoms. The number of carbonyl (C=O) groups is 1. The van der Waals surface area contributed by atoms with Crippen LogP contribution >= 0.6 is 0 Å². The zero-order chi connectivity index (χ0) is 14.8. The van der Waals surface area contributed by atoms with Gasteiger partial charge in [0.05, 0.1) is 5.92 Å². The Hall–Kier alpha value is -2.09. The SMILES string of the molecule is Cc1cccc(NC(=O)C2CCCc3ccccc32)c1C. The molecule has 1 N–H and O–H groups in total. The number of fused-ring (bicyclic) bond motifs is 1. The van der Waals surface area contributed by atoms with Crippen LogP contribution in [-0.4, -0.2) is 5.91 Å². The lowest BCUT2D eigenvalue weighted by Gasteiger charge is -2.25. The first kappa shape index (κ1) is 13.9. The van der Waals surface area contributed by atoms with Crippen molar-refractivity contribution in [1.82, 2.24) is 0 Å². The van der Waals surface area contributed by atoms with Crippen LogP contribution in [0.1, 0.15) is 41.0 Å². The van der Waals surface area contributed by atoms with E-state index in [1.807, 2.05) is 18.2 Å². The van der Waals surface area contributed by atoms with Gasteiger partial charge in [-0.25, -0.2) is 0 Å². The Balaban J connectivity index is 1.85. The van der Waals surface area contributed by atoms with Crippen molar-refractivity contribution in [3.05, 3.63) is 64.7 Å². The maximum absolute atomic E-state index is 12.7. The van der Waals surface area contributed by atoms with Crippen molar-refractivity contribution in [1.29, 1.82) is 0 Å². The van der Waals surface area contributed by atoms with Gasteiger partial charge in [-0.15, -0.1) is 0 Å². The second-order valence-corrected chi connectivity index (χ2v) is 5.88. The summed E-state index contributed by atoms with van der Waals surface area (Å²) in [5.41, 5.74) is 5.81. The molecule has 0 spiro atoms. The summed E-state index contributed by atoms with van der Waals surface area (Å²) in [5.74, 6) is 0.103. The zero-order valence-electron chi connectivity index (χ0n) is 12.6. The minimum Gasteiger partial charge on any atom is -0.325 e. The number of amides is 1. The number of benzene rings is 2. The smallest absolute Gasteiger partial charge is 0.231 e. The van der Waals surface area contributed by atoms with E-state index in [0.717, 1.165) is 30.5 Å². The number of hydrogen-bond donors (Lipinski definition) is 1. The standard InChI is InChI=1S/C19H21NO/c1-13-7-5-12-18(14(13)2)20-19(21)17-11-6-9-15-8-3-4-10-16(15)17/h3-5,7-8,10,12,17H,6,9,11H2,1-2H3,(H,20,21). The van der Waals surface area contributed by atoms with Crippen LogP contribution in [0.3, 0.4) is 0 Å².